The van der Waals surface area contributed by atoms with Gasteiger partial charge in [-0.1, -0.05) is 0 Å². The summed E-state index contributed by atoms with van der Waals surface area (Å²) in [5, 5.41) is 2.61. The van der Waals surface area contributed by atoms with Crippen LogP contribution in [0.3, 0.4) is 0 Å². The fraction of sp³-hybridized carbons (Fsp3) is 0. The van der Waals surface area contributed by atoms with Gasteiger partial charge in [-0.3, -0.25) is 0 Å². The summed E-state index contributed by atoms with van der Waals surface area (Å²) < 4.78 is 7.17. The van der Waals surface area contributed by atoms with Gasteiger partial charge in [-0.2, -0.15) is 0 Å². The van der Waals surface area contributed by atoms with Crippen molar-refractivity contribution in [3.8, 4) is 0 Å². The molecule has 0 atom stereocenters. The molecule has 2 aromatic carbocycles. The Morgan fingerprint density at radius 1 is 0.812 bits per heavy atom. The SMILES string of the molecule is O=NOI(c1ccccc1)c1ccccc1. The van der Waals surface area contributed by atoms with Gasteiger partial charge in [0.2, 0.25) is 0 Å². The molecule has 0 saturated heterocycles. The van der Waals surface area contributed by atoms with Crippen molar-refractivity contribution in [3.63, 3.8) is 0 Å². The van der Waals surface area contributed by atoms with Crippen LogP contribution in [-0.4, -0.2) is 0 Å². The van der Waals surface area contributed by atoms with Crippen LogP contribution in [-0.2, 0) is 3.17 Å². The van der Waals surface area contributed by atoms with Crippen LogP contribution in [0, 0.1) is 12.0 Å². The average Bonchev–Trinajstić information content (AvgIpc) is 2.38. The van der Waals surface area contributed by atoms with E-state index in [2.05, 4.69) is 5.34 Å². The van der Waals surface area contributed by atoms with Crippen LogP contribution in [0.4, 0.5) is 0 Å². The monoisotopic (exact) mass is 327 g/mol. The fourth-order valence-electron chi connectivity index (χ4n) is 1.29. The van der Waals surface area contributed by atoms with E-state index in [9.17, 15) is 4.91 Å². The number of rotatable bonds is 4. The Balaban J connectivity index is 2.35. The minimum atomic E-state index is -2.12. The Bertz CT molecular complexity index is 408. The summed E-state index contributed by atoms with van der Waals surface area (Å²) >= 11 is -2.12. The van der Waals surface area contributed by atoms with E-state index in [0.717, 1.165) is 7.14 Å². The molecule has 82 valence electrons. The van der Waals surface area contributed by atoms with Gasteiger partial charge in [0.15, 0.2) is 0 Å². The molecule has 0 N–H and O–H groups in total. The van der Waals surface area contributed by atoms with Crippen LogP contribution in [0.25, 0.3) is 0 Å². The van der Waals surface area contributed by atoms with E-state index in [1.54, 1.807) is 0 Å². The second-order valence-corrected chi connectivity index (χ2v) is 7.29. The van der Waals surface area contributed by atoms with Crippen LogP contribution in [0.15, 0.2) is 66.0 Å². The summed E-state index contributed by atoms with van der Waals surface area (Å²) in [5.41, 5.74) is 0. The Hall–Kier alpha value is -1.43. The van der Waals surface area contributed by atoms with Crippen molar-refractivity contribution in [2.75, 3.05) is 0 Å². The molecule has 0 heterocycles. The van der Waals surface area contributed by atoms with E-state index >= 15 is 0 Å². The molecule has 2 aromatic rings. The first kappa shape index (κ1) is 11.1. The van der Waals surface area contributed by atoms with Gasteiger partial charge in [0.05, 0.1) is 0 Å². The molecule has 4 heteroatoms. The molecule has 0 aliphatic carbocycles. The zero-order chi connectivity index (χ0) is 11.2. The molecule has 0 spiro atoms. The minimum absolute atomic E-state index is 1.07. The van der Waals surface area contributed by atoms with Crippen LogP contribution in [0.5, 0.6) is 0 Å². The maximum absolute atomic E-state index is 10.3. The third-order valence-corrected chi connectivity index (χ3v) is 6.22. The van der Waals surface area contributed by atoms with Gasteiger partial charge in [-0.05, 0) is 0 Å². The molecule has 0 bridgehead atoms. The standard InChI is InChI=1S/C12H10INO2/c15-14-16-13(11-7-3-1-4-8-11)12-9-5-2-6-10-12/h1-10H. The fourth-order valence-corrected chi connectivity index (χ4v) is 4.76. The van der Waals surface area contributed by atoms with E-state index in [1.807, 2.05) is 60.7 Å². The van der Waals surface area contributed by atoms with Crippen molar-refractivity contribution < 1.29 is 3.17 Å². The molecule has 0 fully saturated rings. The van der Waals surface area contributed by atoms with Gasteiger partial charge in [-0.15, -0.1) is 0 Å². The van der Waals surface area contributed by atoms with Crippen molar-refractivity contribution in [1.82, 2.24) is 0 Å². The molecular formula is C12H10INO2. The second-order valence-electron chi connectivity index (χ2n) is 2.98. The molecule has 0 aromatic heterocycles. The summed E-state index contributed by atoms with van der Waals surface area (Å²) in [6, 6.07) is 19.5. The summed E-state index contributed by atoms with van der Waals surface area (Å²) in [7, 11) is 0. The molecule has 0 radical (unpaired) electrons. The molecule has 2 rings (SSSR count). The molecule has 0 unspecified atom stereocenters. The first-order valence-electron chi connectivity index (χ1n) is 4.72. The van der Waals surface area contributed by atoms with Crippen LogP contribution < -0.4 is 0 Å². The average molecular weight is 327 g/mol. The van der Waals surface area contributed by atoms with Crippen molar-refractivity contribution in [1.29, 1.82) is 0 Å². The Morgan fingerprint density at radius 2 is 1.25 bits per heavy atom. The van der Waals surface area contributed by atoms with Crippen LogP contribution in [0.1, 0.15) is 0 Å². The van der Waals surface area contributed by atoms with E-state index in [4.69, 9.17) is 3.17 Å². The van der Waals surface area contributed by atoms with Crippen molar-refractivity contribution in [3.05, 3.63) is 72.7 Å². The van der Waals surface area contributed by atoms with Crippen molar-refractivity contribution in [2.45, 2.75) is 0 Å². The van der Waals surface area contributed by atoms with E-state index in [1.165, 1.54) is 0 Å². The number of hydrogen-bond acceptors (Lipinski definition) is 3. The summed E-state index contributed by atoms with van der Waals surface area (Å²) in [6.07, 6.45) is 0. The van der Waals surface area contributed by atoms with Gasteiger partial charge in [0.1, 0.15) is 0 Å². The number of benzene rings is 2. The number of halogens is 1. The molecule has 3 nitrogen and oxygen atoms in total. The predicted octanol–water partition coefficient (Wildman–Crippen LogP) is 3.85. The zero-order valence-corrected chi connectivity index (χ0v) is 10.6. The van der Waals surface area contributed by atoms with E-state index in [-0.39, 0.29) is 0 Å². The molecule has 0 aliphatic heterocycles. The summed E-state index contributed by atoms with van der Waals surface area (Å²) in [6.45, 7) is 0. The third-order valence-electron chi connectivity index (χ3n) is 1.96. The quantitative estimate of drug-likeness (QED) is 0.486. The summed E-state index contributed by atoms with van der Waals surface area (Å²) in [4.78, 5) is 10.3. The Morgan fingerprint density at radius 3 is 1.62 bits per heavy atom. The second kappa shape index (κ2) is 5.60. The molecule has 0 saturated carbocycles. The van der Waals surface area contributed by atoms with Gasteiger partial charge in [0, 0.05) is 0 Å². The van der Waals surface area contributed by atoms with E-state index < -0.39 is 20.2 Å². The first-order valence-corrected chi connectivity index (χ1v) is 7.76. The Labute approximate surface area is 101 Å². The maximum atomic E-state index is 10.3. The first-order chi connectivity index (χ1) is 7.92. The Kier molecular flexibility index (Phi) is 3.87. The number of nitrogens with zero attached hydrogens (tertiary/aromatic N) is 1. The molecule has 0 amide bonds. The van der Waals surface area contributed by atoms with Gasteiger partial charge in [0.25, 0.3) is 0 Å². The third kappa shape index (κ3) is 2.57. The summed E-state index contributed by atoms with van der Waals surface area (Å²) in [5.74, 6) is 0. The van der Waals surface area contributed by atoms with Crippen LogP contribution >= 0.6 is 20.2 Å². The molecule has 0 aliphatic rings. The van der Waals surface area contributed by atoms with Crippen molar-refractivity contribution in [2.24, 2.45) is 5.34 Å². The van der Waals surface area contributed by atoms with Crippen LogP contribution in [0.2, 0.25) is 0 Å². The van der Waals surface area contributed by atoms with E-state index in [0.29, 0.717) is 0 Å². The van der Waals surface area contributed by atoms with Gasteiger partial charge >= 0.3 is 101 Å². The van der Waals surface area contributed by atoms with Gasteiger partial charge < -0.3 is 0 Å². The predicted molar refractivity (Wildman–Crippen MR) is 71.2 cm³/mol. The zero-order valence-electron chi connectivity index (χ0n) is 8.42. The molecule has 16 heavy (non-hydrogen) atoms. The van der Waals surface area contributed by atoms with Gasteiger partial charge in [-0.25, -0.2) is 0 Å². The number of hydrogen-bond donors (Lipinski definition) is 0. The topological polar surface area (TPSA) is 38.7 Å². The molecular weight excluding hydrogens is 317 g/mol. The normalized spacial score (nSPS) is 10.6. The van der Waals surface area contributed by atoms with Crippen molar-refractivity contribution >= 4 is 20.2 Å².